The van der Waals surface area contributed by atoms with Gasteiger partial charge in [-0.1, -0.05) is 29.8 Å². The van der Waals surface area contributed by atoms with Crippen LogP contribution in [-0.4, -0.2) is 28.4 Å². The van der Waals surface area contributed by atoms with Gasteiger partial charge in [0.15, 0.2) is 0 Å². The minimum absolute atomic E-state index is 0.211. The Morgan fingerprint density at radius 3 is 2.82 bits per heavy atom. The second-order valence-corrected chi connectivity index (χ2v) is 7.84. The topological polar surface area (TPSA) is 83.2 Å². The molecule has 0 aliphatic carbocycles. The molecule has 33 heavy (non-hydrogen) atoms. The molecule has 0 aliphatic heterocycles. The maximum absolute atomic E-state index is 13.3. The van der Waals surface area contributed by atoms with Crippen molar-refractivity contribution in [2.75, 3.05) is 11.9 Å². The molecule has 4 rings (SSSR count). The van der Waals surface area contributed by atoms with E-state index < -0.39 is 0 Å². The maximum Gasteiger partial charge on any atom is 0.141 e. The predicted octanol–water partition coefficient (Wildman–Crippen LogP) is 6.20. The molecule has 0 spiro atoms. The van der Waals surface area contributed by atoms with E-state index in [9.17, 15) is 4.39 Å². The second-order valence-electron chi connectivity index (χ2n) is 7.44. The monoisotopic (exact) mass is 461 g/mol. The average Bonchev–Trinajstić information content (AvgIpc) is 2.79. The van der Waals surface area contributed by atoms with Crippen molar-refractivity contribution in [1.82, 2.24) is 9.97 Å². The summed E-state index contributed by atoms with van der Waals surface area (Å²) in [5.41, 5.74) is 3.63. The number of hydrogen-bond donors (Lipinski definition) is 2. The maximum atomic E-state index is 13.3. The fourth-order valence-corrected chi connectivity index (χ4v) is 3.40. The van der Waals surface area contributed by atoms with Gasteiger partial charge in [-0.3, -0.25) is 4.99 Å². The number of ether oxygens (including phenoxy) is 1. The molecule has 1 heterocycles. The zero-order valence-electron chi connectivity index (χ0n) is 17.8. The molecule has 1 aromatic heterocycles. The van der Waals surface area contributed by atoms with Crippen molar-refractivity contribution in [2.24, 2.45) is 4.99 Å². The van der Waals surface area contributed by atoms with Crippen LogP contribution in [0.4, 0.5) is 15.9 Å². The molecular weight excluding hydrogens is 441 g/mol. The van der Waals surface area contributed by atoms with E-state index in [0.717, 1.165) is 27.7 Å². The summed E-state index contributed by atoms with van der Waals surface area (Å²) in [5.74, 6) is 0.820. The Bertz CT molecular complexity index is 1340. The number of benzene rings is 3. The van der Waals surface area contributed by atoms with Gasteiger partial charge in [0.1, 0.15) is 30.3 Å². The summed E-state index contributed by atoms with van der Waals surface area (Å²) in [6.07, 6.45) is 3.23. The average molecular weight is 462 g/mol. The number of anilines is 2. The van der Waals surface area contributed by atoms with Crippen LogP contribution in [0, 0.1) is 11.2 Å². The van der Waals surface area contributed by atoms with Gasteiger partial charge in [-0.05, 0) is 60.5 Å². The Balaban J connectivity index is 1.52. The van der Waals surface area contributed by atoms with E-state index in [2.05, 4.69) is 20.3 Å². The SMILES string of the molecule is CC(=N)CN=Cc1ccc2ncnc(Nc3ccc(OCc4cccc(F)c4)c(Cl)c3)c2c1. The minimum atomic E-state index is -0.307. The smallest absolute Gasteiger partial charge is 0.141 e. The summed E-state index contributed by atoms with van der Waals surface area (Å²) < 4.78 is 19.1. The summed E-state index contributed by atoms with van der Waals surface area (Å²) >= 11 is 6.41. The van der Waals surface area contributed by atoms with Gasteiger partial charge in [0.25, 0.3) is 0 Å². The van der Waals surface area contributed by atoms with Gasteiger partial charge < -0.3 is 15.5 Å². The number of halogens is 2. The van der Waals surface area contributed by atoms with Crippen molar-refractivity contribution in [3.05, 3.63) is 89.0 Å². The van der Waals surface area contributed by atoms with Crippen LogP contribution in [0.3, 0.4) is 0 Å². The van der Waals surface area contributed by atoms with Gasteiger partial charge in [-0.15, -0.1) is 0 Å². The Labute approximate surface area is 195 Å². The van der Waals surface area contributed by atoms with Gasteiger partial charge in [-0.25, -0.2) is 14.4 Å². The summed E-state index contributed by atoms with van der Waals surface area (Å²) in [7, 11) is 0. The van der Waals surface area contributed by atoms with Crippen molar-refractivity contribution in [3.63, 3.8) is 0 Å². The van der Waals surface area contributed by atoms with Crippen LogP contribution in [0.1, 0.15) is 18.1 Å². The molecule has 0 fully saturated rings. The fourth-order valence-electron chi connectivity index (χ4n) is 3.16. The van der Waals surface area contributed by atoms with E-state index in [1.165, 1.54) is 18.5 Å². The van der Waals surface area contributed by atoms with Crippen LogP contribution in [0.25, 0.3) is 10.9 Å². The van der Waals surface area contributed by atoms with E-state index in [1.54, 1.807) is 37.4 Å². The van der Waals surface area contributed by atoms with Gasteiger partial charge in [0.2, 0.25) is 0 Å². The molecule has 0 radical (unpaired) electrons. The Morgan fingerprint density at radius 1 is 1.15 bits per heavy atom. The molecular formula is C25H21ClFN5O. The molecule has 0 saturated carbocycles. The molecule has 0 aliphatic rings. The third-order valence-corrected chi connectivity index (χ3v) is 5.00. The van der Waals surface area contributed by atoms with Crippen LogP contribution >= 0.6 is 11.6 Å². The number of rotatable bonds is 8. The first-order chi connectivity index (χ1) is 16.0. The highest BCUT2D eigenvalue weighted by Crippen LogP contribution is 2.31. The molecule has 6 nitrogen and oxygen atoms in total. The Hall–Kier alpha value is -3.84. The number of fused-ring (bicyclic) bond motifs is 1. The van der Waals surface area contributed by atoms with Crippen molar-refractivity contribution in [1.29, 1.82) is 5.41 Å². The zero-order valence-corrected chi connectivity index (χ0v) is 18.6. The van der Waals surface area contributed by atoms with E-state index in [-0.39, 0.29) is 12.4 Å². The predicted molar refractivity (Wildman–Crippen MR) is 131 cm³/mol. The van der Waals surface area contributed by atoms with E-state index in [1.807, 2.05) is 24.3 Å². The van der Waals surface area contributed by atoms with E-state index >= 15 is 0 Å². The lowest BCUT2D eigenvalue weighted by Crippen LogP contribution is -1.99. The third kappa shape index (κ3) is 5.90. The lowest BCUT2D eigenvalue weighted by Gasteiger charge is -2.12. The summed E-state index contributed by atoms with van der Waals surface area (Å²) in [6, 6.07) is 17.3. The molecule has 0 bridgehead atoms. The number of nitrogens with zero attached hydrogens (tertiary/aromatic N) is 3. The summed E-state index contributed by atoms with van der Waals surface area (Å²) in [4.78, 5) is 13.0. The van der Waals surface area contributed by atoms with Crippen molar-refractivity contribution in [2.45, 2.75) is 13.5 Å². The number of nitrogens with one attached hydrogen (secondary N) is 2. The molecule has 0 amide bonds. The highest BCUT2D eigenvalue weighted by Gasteiger charge is 2.08. The number of aliphatic imine (C=N–C) groups is 1. The lowest BCUT2D eigenvalue weighted by molar-refractivity contribution is 0.306. The van der Waals surface area contributed by atoms with E-state index in [0.29, 0.717) is 28.8 Å². The Morgan fingerprint density at radius 2 is 2.03 bits per heavy atom. The molecule has 8 heteroatoms. The van der Waals surface area contributed by atoms with Crippen molar-refractivity contribution >= 4 is 45.9 Å². The molecule has 2 N–H and O–H groups in total. The number of hydrogen-bond acceptors (Lipinski definition) is 6. The normalized spacial score (nSPS) is 11.1. The standard InChI is InChI=1S/C25H21ClFN5O/c1-16(28)12-29-13-17-5-7-23-21(10-17)25(31-15-30-23)32-20-6-8-24(22(26)11-20)33-14-18-3-2-4-19(27)9-18/h2-11,13,15,28H,12,14H2,1H3,(H,30,31,32). The van der Waals surface area contributed by atoms with Crippen LogP contribution in [0.2, 0.25) is 5.02 Å². The van der Waals surface area contributed by atoms with E-state index in [4.69, 9.17) is 21.7 Å². The highest BCUT2D eigenvalue weighted by molar-refractivity contribution is 6.32. The lowest BCUT2D eigenvalue weighted by atomic mass is 10.1. The molecule has 3 aromatic carbocycles. The number of aromatic nitrogens is 2. The van der Waals surface area contributed by atoms with Gasteiger partial charge in [0.05, 0.1) is 17.1 Å². The van der Waals surface area contributed by atoms with Gasteiger partial charge in [0, 0.05) is 23.0 Å². The minimum Gasteiger partial charge on any atom is -0.487 e. The molecule has 0 saturated heterocycles. The second kappa shape index (κ2) is 10.2. The first-order valence-corrected chi connectivity index (χ1v) is 10.6. The summed E-state index contributed by atoms with van der Waals surface area (Å²) in [5, 5.41) is 12.0. The first-order valence-electron chi connectivity index (χ1n) is 10.2. The first kappa shape index (κ1) is 22.4. The fraction of sp³-hybridized carbons (Fsp3) is 0.120. The van der Waals surface area contributed by atoms with Crippen LogP contribution < -0.4 is 10.1 Å². The van der Waals surface area contributed by atoms with Crippen LogP contribution in [0.5, 0.6) is 5.75 Å². The van der Waals surface area contributed by atoms with Crippen LogP contribution in [0.15, 0.2) is 72.0 Å². The zero-order chi connectivity index (χ0) is 23.2. The summed E-state index contributed by atoms with van der Waals surface area (Å²) in [6.45, 7) is 2.29. The highest BCUT2D eigenvalue weighted by atomic mass is 35.5. The largest absolute Gasteiger partial charge is 0.487 e. The quantitative estimate of drug-likeness (QED) is 0.306. The third-order valence-electron chi connectivity index (χ3n) is 4.71. The van der Waals surface area contributed by atoms with Crippen LogP contribution in [-0.2, 0) is 6.61 Å². The van der Waals surface area contributed by atoms with Gasteiger partial charge in [-0.2, -0.15) is 0 Å². The Kier molecular flexibility index (Phi) is 6.90. The van der Waals surface area contributed by atoms with Crippen molar-refractivity contribution in [3.8, 4) is 5.75 Å². The van der Waals surface area contributed by atoms with Gasteiger partial charge >= 0.3 is 0 Å². The molecule has 0 atom stereocenters. The molecule has 4 aromatic rings. The molecule has 0 unspecified atom stereocenters. The molecule has 166 valence electrons. The van der Waals surface area contributed by atoms with Crippen molar-refractivity contribution < 1.29 is 9.13 Å².